The van der Waals surface area contributed by atoms with Gasteiger partial charge < -0.3 is 15.5 Å². The van der Waals surface area contributed by atoms with Crippen LogP contribution in [0, 0.1) is 6.92 Å². The van der Waals surface area contributed by atoms with Gasteiger partial charge in [0.05, 0.1) is 0 Å². The van der Waals surface area contributed by atoms with E-state index in [0.717, 1.165) is 49.5 Å². The van der Waals surface area contributed by atoms with Gasteiger partial charge in [-0.2, -0.15) is 4.98 Å². The van der Waals surface area contributed by atoms with Crippen molar-refractivity contribution < 1.29 is 4.79 Å². The number of amides is 1. The first kappa shape index (κ1) is 24.5. The van der Waals surface area contributed by atoms with E-state index in [0.29, 0.717) is 23.0 Å². The zero-order valence-corrected chi connectivity index (χ0v) is 21.1. The standard InChI is InChI=1S/C28H30N8O/c1-20-5-10-24(16-25(20)33-28-31-19-30-26(34-28)23-4-3-11-29-17-23)32-27(37)22-8-6-21(7-9-22)18-36-14-12-35(2)13-15-36/h3-11,16-17,19H,12-15,18H2,1-2H3,(H,32,37)(H,30,31,33,34). The van der Waals surface area contributed by atoms with Crippen molar-refractivity contribution in [2.45, 2.75) is 13.5 Å². The smallest absolute Gasteiger partial charge is 0.255 e. The number of likely N-dealkylation sites (N-methyl/N-ethyl adjacent to an activating group) is 1. The molecule has 1 amide bonds. The minimum absolute atomic E-state index is 0.153. The fraction of sp³-hybridized carbons (Fsp3) is 0.250. The Balaban J connectivity index is 1.24. The molecule has 1 aliphatic rings. The fourth-order valence-corrected chi connectivity index (χ4v) is 4.17. The predicted octanol–water partition coefficient (Wildman–Crippen LogP) is 3.99. The van der Waals surface area contributed by atoms with Crippen LogP contribution in [0.1, 0.15) is 21.5 Å². The van der Waals surface area contributed by atoms with Gasteiger partial charge in [0.2, 0.25) is 5.95 Å². The van der Waals surface area contributed by atoms with Crippen molar-refractivity contribution in [1.29, 1.82) is 0 Å². The van der Waals surface area contributed by atoms with E-state index in [2.05, 4.69) is 47.4 Å². The molecule has 3 heterocycles. The van der Waals surface area contributed by atoms with Gasteiger partial charge in [0.25, 0.3) is 5.91 Å². The Bertz CT molecular complexity index is 1350. The van der Waals surface area contributed by atoms with Gasteiger partial charge in [-0.3, -0.25) is 14.7 Å². The molecule has 0 aliphatic carbocycles. The third-order valence-corrected chi connectivity index (χ3v) is 6.45. The Morgan fingerprint density at radius 1 is 1.00 bits per heavy atom. The zero-order chi connectivity index (χ0) is 25.6. The average Bonchev–Trinajstić information content (AvgIpc) is 2.93. The largest absolute Gasteiger partial charge is 0.324 e. The number of carbonyl (C=O) groups is 1. The summed E-state index contributed by atoms with van der Waals surface area (Å²) in [4.78, 5) is 34.8. The molecular weight excluding hydrogens is 464 g/mol. The lowest BCUT2D eigenvalue weighted by molar-refractivity contribution is 0.102. The number of nitrogens with zero attached hydrogens (tertiary/aromatic N) is 6. The highest BCUT2D eigenvalue weighted by molar-refractivity contribution is 6.04. The summed E-state index contributed by atoms with van der Waals surface area (Å²) in [6.07, 6.45) is 4.88. The van der Waals surface area contributed by atoms with E-state index in [4.69, 9.17) is 0 Å². The summed E-state index contributed by atoms with van der Waals surface area (Å²) in [6.45, 7) is 7.20. The first-order valence-electron chi connectivity index (χ1n) is 12.3. The molecule has 2 aromatic heterocycles. The third-order valence-electron chi connectivity index (χ3n) is 6.45. The molecule has 188 valence electrons. The van der Waals surface area contributed by atoms with Crippen molar-refractivity contribution in [1.82, 2.24) is 29.7 Å². The number of hydrogen-bond donors (Lipinski definition) is 2. The van der Waals surface area contributed by atoms with Crippen LogP contribution in [0.4, 0.5) is 17.3 Å². The van der Waals surface area contributed by atoms with Crippen LogP contribution in [0.5, 0.6) is 0 Å². The highest BCUT2D eigenvalue weighted by atomic mass is 16.1. The Morgan fingerprint density at radius 2 is 1.81 bits per heavy atom. The van der Waals surface area contributed by atoms with Crippen LogP contribution in [0.3, 0.4) is 0 Å². The number of anilines is 3. The molecule has 0 atom stereocenters. The van der Waals surface area contributed by atoms with E-state index in [1.165, 1.54) is 11.9 Å². The van der Waals surface area contributed by atoms with Crippen LogP contribution < -0.4 is 10.6 Å². The number of nitrogens with one attached hydrogen (secondary N) is 2. The van der Waals surface area contributed by atoms with Crippen LogP contribution in [0.15, 0.2) is 73.3 Å². The lowest BCUT2D eigenvalue weighted by Crippen LogP contribution is -2.43. The van der Waals surface area contributed by atoms with Crippen molar-refractivity contribution >= 4 is 23.2 Å². The summed E-state index contributed by atoms with van der Waals surface area (Å²) < 4.78 is 0. The number of carbonyl (C=O) groups excluding carboxylic acids is 1. The highest BCUT2D eigenvalue weighted by Gasteiger charge is 2.14. The van der Waals surface area contributed by atoms with Gasteiger partial charge in [-0.15, -0.1) is 0 Å². The molecule has 0 saturated carbocycles. The second-order valence-corrected chi connectivity index (χ2v) is 9.26. The van der Waals surface area contributed by atoms with Crippen molar-refractivity contribution in [2.75, 3.05) is 43.9 Å². The van der Waals surface area contributed by atoms with E-state index < -0.39 is 0 Å². The molecule has 9 heteroatoms. The number of hydrogen-bond acceptors (Lipinski definition) is 8. The van der Waals surface area contributed by atoms with E-state index in [1.807, 2.05) is 61.5 Å². The molecule has 5 rings (SSSR count). The summed E-state index contributed by atoms with van der Waals surface area (Å²) in [6, 6.07) is 17.3. The summed E-state index contributed by atoms with van der Waals surface area (Å²) in [7, 11) is 2.16. The molecule has 4 aromatic rings. The SMILES string of the molecule is Cc1ccc(NC(=O)c2ccc(CN3CCN(C)CC3)cc2)cc1Nc1ncnc(-c2cccnc2)n1. The summed E-state index contributed by atoms with van der Waals surface area (Å²) in [5.41, 5.74) is 5.11. The topological polar surface area (TPSA) is 99.2 Å². The third kappa shape index (κ3) is 6.32. The van der Waals surface area contributed by atoms with Gasteiger partial charge in [0.1, 0.15) is 6.33 Å². The maximum atomic E-state index is 12.9. The fourth-order valence-electron chi connectivity index (χ4n) is 4.17. The summed E-state index contributed by atoms with van der Waals surface area (Å²) in [5, 5.41) is 6.24. The van der Waals surface area contributed by atoms with Gasteiger partial charge in [-0.05, 0) is 61.5 Å². The van der Waals surface area contributed by atoms with Crippen LogP contribution >= 0.6 is 0 Å². The number of aromatic nitrogens is 4. The number of pyridine rings is 1. The zero-order valence-electron chi connectivity index (χ0n) is 21.1. The number of benzene rings is 2. The number of piperazine rings is 1. The molecule has 2 aromatic carbocycles. The molecule has 2 N–H and O–H groups in total. The van der Waals surface area contributed by atoms with Crippen molar-refractivity contribution in [3.8, 4) is 11.4 Å². The second kappa shape index (κ2) is 11.2. The Labute approximate surface area is 216 Å². The monoisotopic (exact) mass is 494 g/mol. The molecule has 0 spiro atoms. The molecule has 0 bridgehead atoms. The molecular formula is C28H30N8O. The second-order valence-electron chi connectivity index (χ2n) is 9.26. The van der Waals surface area contributed by atoms with Gasteiger partial charge in [-0.1, -0.05) is 18.2 Å². The molecule has 1 fully saturated rings. The quantitative estimate of drug-likeness (QED) is 0.398. The molecule has 0 unspecified atom stereocenters. The first-order valence-corrected chi connectivity index (χ1v) is 12.3. The molecule has 1 aliphatic heterocycles. The van der Waals surface area contributed by atoms with Crippen LogP contribution in [-0.2, 0) is 6.54 Å². The average molecular weight is 495 g/mol. The number of rotatable bonds is 7. The Hall–Kier alpha value is -4.21. The van der Waals surface area contributed by atoms with Gasteiger partial charge >= 0.3 is 0 Å². The molecule has 37 heavy (non-hydrogen) atoms. The van der Waals surface area contributed by atoms with Gasteiger partial charge in [-0.25, -0.2) is 9.97 Å². The summed E-state index contributed by atoms with van der Waals surface area (Å²) >= 11 is 0. The lowest BCUT2D eigenvalue weighted by atomic mass is 10.1. The molecule has 0 radical (unpaired) electrons. The molecule has 1 saturated heterocycles. The van der Waals surface area contributed by atoms with E-state index >= 15 is 0 Å². The molecule has 9 nitrogen and oxygen atoms in total. The normalized spacial score (nSPS) is 14.3. The van der Waals surface area contributed by atoms with Gasteiger partial charge in [0, 0.05) is 67.6 Å². The first-order chi connectivity index (χ1) is 18.0. The van der Waals surface area contributed by atoms with Crippen molar-refractivity contribution in [2.24, 2.45) is 0 Å². The maximum Gasteiger partial charge on any atom is 0.255 e. The highest BCUT2D eigenvalue weighted by Crippen LogP contribution is 2.24. The van der Waals surface area contributed by atoms with Crippen molar-refractivity contribution in [3.63, 3.8) is 0 Å². The van der Waals surface area contributed by atoms with E-state index in [9.17, 15) is 4.79 Å². The Kier molecular flexibility index (Phi) is 7.43. The van der Waals surface area contributed by atoms with Crippen LogP contribution in [0.25, 0.3) is 11.4 Å². The minimum Gasteiger partial charge on any atom is -0.324 e. The van der Waals surface area contributed by atoms with Crippen molar-refractivity contribution in [3.05, 3.63) is 90.0 Å². The summed E-state index contributed by atoms with van der Waals surface area (Å²) in [5.74, 6) is 0.792. The Morgan fingerprint density at radius 3 is 2.57 bits per heavy atom. The predicted molar refractivity (Wildman–Crippen MR) is 145 cm³/mol. The number of aryl methyl sites for hydroxylation is 1. The van der Waals surface area contributed by atoms with E-state index in [-0.39, 0.29) is 5.91 Å². The maximum absolute atomic E-state index is 12.9. The van der Waals surface area contributed by atoms with Gasteiger partial charge in [0.15, 0.2) is 5.82 Å². The van der Waals surface area contributed by atoms with Crippen LogP contribution in [-0.4, -0.2) is 68.9 Å². The lowest BCUT2D eigenvalue weighted by Gasteiger charge is -2.32. The van der Waals surface area contributed by atoms with E-state index in [1.54, 1.807) is 12.4 Å². The minimum atomic E-state index is -0.153. The van der Waals surface area contributed by atoms with Crippen LogP contribution in [0.2, 0.25) is 0 Å².